The van der Waals surface area contributed by atoms with E-state index in [1.54, 1.807) is 0 Å². The predicted octanol–water partition coefficient (Wildman–Crippen LogP) is 3.33. The Morgan fingerprint density at radius 3 is 2.48 bits per heavy atom. The highest BCUT2D eigenvalue weighted by Gasteiger charge is 2.35. The first-order valence-electron chi connectivity index (χ1n) is 7.48. The van der Waals surface area contributed by atoms with E-state index in [1.807, 2.05) is 0 Å². The van der Waals surface area contributed by atoms with Crippen LogP contribution in [0, 0.1) is 11.8 Å². The Labute approximate surface area is 131 Å². The average molecular weight is 329 g/mol. The van der Waals surface area contributed by atoms with Crippen molar-refractivity contribution in [2.45, 2.75) is 31.9 Å². The maximum absolute atomic E-state index is 12.9. The second-order valence-corrected chi connectivity index (χ2v) is 5.74. The number of carbonyl (C=O) groups is 2. The Hall–Kier alpha value is -2.05. The van der Waals surface area contributed by atoms with E-state index in [1.165, 1.54) is 12.1 Å². The lowest BCUT2D eigenvalue weighted by molar-refractivity contribution is -0.144. The average Bonchev–Trinajstić information content (AvgIpc) is 2.52. The lowest BCUT2D eigenvalue weighted by atomic mass is 9.79. The summed E-state index contributed by atoms with van der Waals surface area (Å²) in [5.41, 5.74) is -1.43. The number of amides is 1. The van der Waals surface area contributed by atoms with Gasteiger partial charge in [0, 0.05) is 6.54 Å². The minimum Gasteiger partial charge on any atom is -0.481 e. The fourth-order valence-corrected chi connectivity index (χ4v) is 3.02. The SMILES string of the molecule is O=C(NC[C@@H]1CCCC[C@@H]1C(=O)O)c1ccccc1C(F)(F)F. The van der Waals surface area contributed by atoms with Crippen LogP contribution in [-0.2, 0) is 11.0 Å². The van der Waals surface area contributed by atoms with Crippen molar-refractivity contribution in [2.75, 3.05) is 6.54 Å². The number of aliphatic carboxylic acids is 1. The molecule has 1 saturated carbocycles. The van der Waals surface area contributed by atoms with Gasteiger partial charge in [0.15, 0.2) is 0 Å². The molecule has 1 aliphatic rings. The van der Waals surface area contributed by atoms with Gasteiger partial charge >= 0.3 is 12.1 Å². The number of hydrogen-bond donors (Lipinski definition) is 2. The molecule has 1 aromatic carbocycles. The summed E-state index contributed by atoms with van der Waals surface area (Å²) in [6.07, 6.45) is -1.74. The maximum atomic E-state index is 12.9. The normalized spacial score (nSPS) is 21.7. The first-order valence-corrected chi connectivity index (χ1v) is 7.48. The minimum absolute atomic E-state index is 0.0714. The van der Waals surface area contributed by atoms with Crippen molar-refractivity contribution in [1.29, 1.82) is 0 Å². The molecule has 0 aromatic heterocycles. The van der Waals surface area contributed by atoms with Gasteiger partial charge in [0.2, 0.25) is 0 Å². The standard InChI is InChI=1S/C16H18F3NO3/c17-16(18,19)13-8-4-3-7-12(13)14(21)20-9-10-5-1-2-6-11(10)15(22)23/h3-4,7-8,10-11H,1-2,5-6,9H2,(H,20,21)(H,22,23)/t10-,11-/m0/s1. The van der Waals surface area contributed by atoms with Crippen LogP contribution in [0.15, 0.2) is 24.3 Å². The topological polar surface area (TPSA) is 66.4 Å². The van der Waals surface area contributed by atoms with E-state index in [9.17, 15) is 27.9 Å². The van der Waals surface area contributed by atoms with Crippen LogP contribution < -0.4 is 5.32 Å². The highest BCUT2D eigenvalue weighted by atomic mass is 19.4. The van der Waals surface area contributed by atoms with Crippen LogP contribution in [0.4, 0.5) is 13.2 Å². The van der Waals surface area contributed by atoms with Gasteiger partial charge in [-0.1, -0.05) is 25.0 Å². The molecule has 126 valence electrons. The number of rotatable bonds is 4. The number of benzene rings is 1. The Bertz CT molecular complexity index is 586. The Morgan fingerprint density at radius 1 is 1.17 bits per heavy atom. The molecule has 2 rings (SSSR count). The summed E-state index contributed by atoms with van der Waals surface area (Å²) in [5, 5.41) is 11.6. The number of halogens is 3. The van der Waals surface area contributed by atoms with E-state index < -0.39 is 35.1 Å². The molecule has 1 aliphatic carbocycles. The van der Waals surface area contributed by atoms with Crippen LogP contribution in [-0.4, -0.2) is 23.5 Å². The Morgan fingerprint density at radius 2 is 1.83 bits per heavy atom. The summed E-state index contributed by atoms with van der Waals surface area (Å²) in [7, 11) is 0. The first-order chi connectivity index (χ1) is 10.8. The van der Waals surface area contributed by atoms with Crippen molar-refractivity contribution >= 4 is 11.9 Å². The molecule has 7 heteroatoms. The van der Waals surface area contributed by atoms with Gasteiger partial charge in [0.1, 0.15) is 0 Å². The summed E-state index contributed by atoms with van der Waals surface area (Å²) in [4.78, 5) is 23.3. The van der Waals surface area contributed by atoms with E-state index in [4.69, 9.17) is 0 Å². The summed E-state index contributed by atoms with van der Waals surface area (Å²) >= 11 is 0. The van der Waals surface area contributed by atoms with Crippen molar-refractivity contribution in [1.82, 2.24) is 5.32 Å². The predicted molar refractivity (Wildman–Crippen MR) is 76.9 cm³/mol. The van der Waals surface area contributed by atoms with Crippen LogP contribution in [0.5, 0.6) is 0 Å². The molecule has 0 saturated heterocycles. The molecule has 2 N–H and O–H groups in total. The second kappa shape index (κ2) is 7.02. The lowest BCUT2D eigenvalue weighted by Gasteiger charge is -2.28. The molecular formula is C16H18F3NO3. The smallest absolute Gasteiger partial charge is 0.417 e. The summed E-state index contributed by atoms with van der Waals surface area (Å²) in [6, 6.07) is 4.56. The zero-order chi connectivity index (χ0) is 17.0. The third-order valence-electron chi connectivity index (χ3n) is 4.23. The third kappa shape index (κ3) is 4.24. The molecule has 0 bridgehead atoms. The first kappa shape index (κ1) is 17.3. The van der Waals surface area contributed by atoms with Crippen molar-refractivity contribution in [3.8, 4) is 0 Å². The van der Waals surface area contributed by atoms with Crippen molar-refractivity contribution < 1.29 is 27.9 Å². The molecule has 1 fully saturated rings. The van der Waals surface area contributed by atoms with Gasteiger partial charge in [-0.25, -0.2) is 0 Å². The van der Waals surface area contributed by atoms with Crippen molar-refractivity contribution in [3.63, 3.8) is 0 Å². The van der Waals surface area contributed by atoms with Crippen LogP contribution >= 0.6 is 0 Å². The van der Waals surface area contributed by atoms with Crippen molar-refractivity contribution in [2.24, 2.45) is 11.8 Å². The number of carboxylic acid groups (broad SMARTS) is 1. The molecule has 0 radical (unpaired) electrons. The van der Waals surface area contributed by atoms with E-state index >= 15 is 0 Å². The summed E-state index contributed by atoms with van der Waals surface area (Å²) < 4.78 is 38.7. The maximum Gasteiger partial charge on any atom is 0.417 e. The van der Waals surface area contributed by atoms with Gasteiger partial charge in [0.05, 0.1) is 17.0 Å². The van der Waals surface area contributed by atoms with Gasteiger partial charge in [-0.15, -0.1) is 0 Å². The van der Waals surface area contributed by atoms with Gasteiger partial charge in [-0.3, -0.25) is 9.59 Å². The number of alkyl halides is 3. The molecule has 4 nitrogen and oxygen atoms in total. The van der Waals surface area contributed by atoms with E-state index in [-0.39, 0.29) is 12.5 Å². The molecule has 1 aromatic rings. The number of nitrogens with one attached hydrogen (secondary N) is 1. The largest absolute Gasteiger partial charge is 0.481 e. The highest BCUT2D eigenvalue weighted by molar-refractivity contribution is 5.95. The fourth-order valence-electron chi connectivity index (χ4n) is 3.02. The van der Waals surface area contributed by atoms with Crippen molar-refractivity contribution in [3.05, 3.63) is 35.4 Å². The second-order valence-electron chi connectivity index (χ2n) is 5.74. The van der Waals surface area contributed by atoms with Gasteiger partial charge in [-0.05, 0) is 30.9 Å². The van der Waals surface area contributed by atoms with E-state index in [0.29, 0.717) is 12.8 Å². The monoisotopic (exact) mass is 329 g/mol. The molecule has 0 spiro atoms. The molecular weight excluding hydrogens is 311 g/mol. The zero-order valence-corrected chi connectivity index (χ0v) is 12.4. The fraction of sp³-hybridized carbons (Fsp3) is 0.500. The summed E-state index contributed by atoms with van der Waals surface area (Å²) in [5.74, 6) is -2.54. The Balaban J connectivity index is 2.07. The van der Waals surface area contributed by atoms with Crippen LogP contribution in [0.25, 0.3) is 0 Å². The molecule has 2 atom stereocenters. The van der Waals surface area contributed by atoms with Gasteiger partial charge < -0.3 is 10.4 Å². The summed E-state index contributed by atoms with van der Waals surface area (Å²) in [6.45, 7) is 0.0714. The van der Waals surface area contributed by atoms with Crippen LogP contribution in [0.2, 0.25) is 0 Å². The van der Waals surface area contributed by atoms with E-state index in [2.05, 4.69) is 5.32 Å². The van der Waals surface area contributed by atoms with Crippen LogP contribution in [0.3, 0.4) is 0 Å². The zero-order valence-electron chi connectivity index (χ0n) is 12.4. The lowest BCUT2D eigenvalue weighted by Crippen LogP contribution is -2.37. The molecule has 0 heterocycles. The number of carbonyl (C=O) groups excluding carboxylic acids is 1. The highest BCUT2D eigenvalue weighted by Crippen LogP contribution is 2.32. The molecule has 0 unspecified atom stereocenters. The minimum atomic E-state index is -4.61. The third-order valence-corrected chi connectivity index (χ3v) is 4.23. The number of carboxylic acids is 1. The Kier molecular flexibility index (Phi) is 5.28. The molecule has 0 aliphatic heterocycles. The van der Waals surface area contributed by atoms with Crippen LogP contribution in [0.1, 0.15) is 41.6 Å². The molecule has 1 amide bonds. The van der Waals surface area contributed by atoms with Gasteiger partial charge in [0.25, 0.3) is 5.91 Å². The quantitative estimate of drug-likeness (QED) is 0.890. The van der Waals surface area contributed by atoms with Gasteiger partial charge in [-0.2, -0.15) is 13.2 Å². The van der Waals surface area contributed by atoms with E-state index in [0.717, 1.165) is 25.0 Å². The molecule has 23 heavy (non-hydrogen) atoms. The number of hydrogen-bond acceptors (Lipinski definition) is 2.